The second kappa shape index (κ2) is 4.56. The molecule has 88 valence electrons. The van der Waals surface area contributed by atoms with Crippen LogP contribution in [0.25, 0.3) is 0 Å². The van der Waals surface area contributed by atoms with Gasteiger partial charge in [0.15, 0.2) is 0 Å². The maximum absolute atomic E-state index is 11.6. The van der Waals surface area contributed by atoms with Gasteiger partial charge in [-0.05, 0) is 5.56 Å². The first-order valence-corrected chi connectivity index (χ1v) is 4.91. The van der Waals surface area contributed by atoms with Crippen molar-refractivity contribution in [2.24, 2.45) is 0 Å². The lowest BCUT2D eigenvalue weighted by Crippen LogP contribution is -2.15. The number of aromatic hydroxyl groups is 1. The van der Waals surface area contributed by atoms with Crippen LogP contribution >= 0.6 is 0 Å². The predicted octanol–water partition coefficient (Wildman–Crippen LogP) is 1.36. The van der Waals surface area contributed by atoms with Crippen molar-refractivity contribution in [1.29, 1.82) is 0 Å². The Kier molecular flexibility index (Phi) is 2.95. The molecule has 0 atom stereocenters. The minimum absolute atomic E-state index is 0.111. The van der Waals surface area contributed by atoms with Crippen LogP contribution in [0.4, 0.5) is 10.7 Å². The molecule has 0 unspecified atom stereocenters. The van der Waals surface area contributed by atoms with Crippen LogP contribution in [-0.2, 0) is 11.3 Å². The van der Waals surface area contributed by atoms with Crippen LogP contribution in [0.3, 0.4) is 0 Å². The van der Waals surface area contributed by atoms with E-state index in [-0.39, 0.29) is 18.4 Å². The van der Waals surface area contributed by atoms with Crippen molar-refractivity contribution in [1.82, 2.24) is 9.55 Å². The summed E-state index contributed by atoms with van der Waals surface area (Å²) in [6, 6.07) is 9.24. The molecule has 1 heterocycles. The molecular weight excluding hydrogens is 222 g/mol. The molecule has 0 fully saturated rings. The van der Waals surface area contributed by atoms with Crippen molar-refractivity contribution in [3.05, 3.63) is 42.1 Å². The van der Waals surface area contributed by atoms with Crippen molar-refractivity contribution < 1.29 is 14.6 Å². The molecule has 0 spiro atoms. The number of nitrogen functional groups attached to an aromatic ring is 1. The van der Waals surface area contributed by atoms with Gasteiger partial charge in [-0.15, -0.1) is 0 Å². The van der Waals surface area contributed by atoms with Crippen molar-refractivity contribution in [2.45, 2.75) is 6.61 Å². The number of anilines is 1. The highest BCUT2D eigenvalue weighted by Crippen LogP contribution is 2.11. The predicted molar refractivity (Wildman–Crippen MR) is 60.3 cm³/mol. The van der Waals surface area contributed by atoms with Crippen molar-refractivity contribution in [3.63, 3.8) is 0 Å². The molecule has 0 aliphatic carbocycles. The summed E-state index contributed by atoms with van der Waals surface area (Å²) < 4.78 is 5.94. The Morgan fingerprint density at radius 2 is 2.12 bits per heavy atom. The third-order valence-electron chi connectivity index (χ3n) is 2.12. The van der Waals surface area contributed by atoms with Gasteiger partial charge in [0.1, 0.15) is 6.61 Å². The molecule has 0 amide bonds. The lowest BCUT2D eigenvalue weighted by Gasteiger charge is -2.05. The monoisotopic (exact) mass is 233 g/mol. The molecule has 1 aromatic carbocycles. The Bertz CT molecular complexity index is 522. The van der Waals surface area contributed by atoms with Gasteiger partial charge >= 0.3 is 6.09 Å². The second-order valence-corrected chi connectivity index (χ2v) is 3.37. The molecule has 3 N–H and O–H groups in total. The summed E-state index contributed by atoms with van der Waals surface area (Å²) in [6.07, 6.45) is 0.419. The third-order valence-corrected chi connectivity index (χ3v) is 2.12. The van der Waals surface area contributed by atoms with Gasteiger partial charge < -0.3 is 15.6 Å². The molecule has 6 heteroatoms. The molecule has 2 aromatic rings. The molecular formula is C11H11N3O3. The highest BCUT2D eigenvalue weighted by Gasteiger charge is 2.12. The minimum atomic E-state index is -0.681. The number of aromatic nitrogens is 2. The molecule has 0 saturated heterocycles. The standard InChI is InChI=1S/C11H11N3O3/c12-10-13-9(15)6-14(10)11(16)17-7-8-4-2-1-3-5-8/h1-6,15H,7H2,(H2,12,13). The number of carbonyl (C=O) groups excluding carboxylic acids is 1. The van der Waals surface area contributed by atoms with Gasteiger partial charge in [0.25, 0.3) is 0 Å². The van der Waals surface area contributed by atoms with Crippen molar-refractivity contribution >= 4 is 12.0 Å². The summed E-state index contributed by atoms with van der Waals surface area (Å²) in [7, 11) is 0. The average Bonchev–Trinajstić information content (AvgIpc) is 2.67. The summed E-state index contributed by atoms with van der Waals surface area (Å²) in [4.78, 5) is 15.0. The van der Waals surface area contributed by atoms with Gasteiger partial charge in [0, 0.05) is 0 Å². The van der Waals surface area contributed by atoms with Gasteiger partial charge in [0.2, 0.25) is 11.8 Å². The maximum atomic E-state index is 11.6. The summed E-state index contributed by atoms with van der Waals surface area (Å²) in [5.74, 6) is -0.431. The van der Waals surface area contributed by atoms with Gasteiger partial charge in [-0.1, -0.05) is 30.3 Å². The van der Waals surface area contributed by atoms with Crippen LogP contribution in [0.2, 0.25) is 0 Å². The fraction of sp³-hybridized carbons (Fsp3) is 0.0909. The topological polar surface area (TPSA) is 90.4 Å². The third kappa shape index (κ3) is 2.54. The van der Waals surface area contributed by atoms with E-state index < -0.39 is 6.09 Å². The van der Waals surface area contributed by atoms with E-state index in [9.17, 15) is 4.79 Å². The number of carbonyl (C=O) groups is 1. The first kappa shape index (κ1) is 11.0. The Morgan fingerprint density at radius 3 is 2.71 bits per heavy atom. The smallest absolute Gasteiger partial charge is 0.421 e. The van der Waals surface area contributed by atoms with Crippen LogP contribution in [0, 0.1) is 0 Å². The van der Waals surface area contributed by atoms with Crippen molar-refractivity contribution in [2.75, 3.05) is 5.73 Å². The van der Waals surface area contributed by atoms with Crippen LogP contribution in [-0.4, -0.2) is 20.8 Å². The van der Waals surface area contributed by atoms with Gasteiger partial charge in [-0.2, -0.15) is 4.98 Å². The van der Waals surface area contributed by atoms with Crippen molar-refractivity contribution in [3.8, 4) is 5.88 Å². The van der Waals surface area contributed by atoms with Gasteiger partial charge in [-0.25, -0.2) is 9.36 Å². The number of hydrogen-bond donors (Lipinski definition) is 2. The SMILES string of the molecule is Nc1nc(O)cn1C(=O)OCc1ccccc1. The highest BCUT2D eigenvalue weighted by atomic mass is 16.5. The summed E-state index contributed by atoms with van der Waals surface area (Å²) >= 11 is 0. The van der Waals surface area contributed by atoms with E-state index in [0.29, 0.717) is 0 Å². The summed E-state index contributed by atoms with van der Waals surface area (Å²) in [5.41, 5.74) is 6.27. The van der Waals surface area contributed by atoms with E-state index in [0.717, 1.165) is 16.3 Å². The van der Waals surface area contributed by atoms with E-state index in [1.165, 1.54) is 0 Å². The number of nitrogens with two attached hydrogens (primary N) is 1. The van der Waals surface area contributed by atoms with Crippen LogP contribution < -0.4 is 5.73 Å². The first-order chi connectivity index (χ1) is 8.16. The number of ether oxygens (including phenoxy) is 1. The lowest BCUT2D eigenvalue weighted by atomic mass is 10.2. The molecule has 1 aromatic heterocycles. The zero-order valence-corrected chi connectivity index (χ0v) is 8.91. The van der Waals surface area contributed by atoms with E-state index >= 15 is 0 Å². The molecule has 0 bridgehead atoms. The van der Waals surface area contributed by atoms with Crippen LogP contribution in [0.1, 0.15) is 5.56 Å². The second-order valence-electron chi connectivity index (χ2n) is 3.37. The number of benzene rings is 1. The Hall–Kier alpha value is -2.50. The van der Waals surface area contributed by atoms with Crippen LogP contribution in [0.15, 0.2) is 36.5 Å². The van der Waals surface area contributed by atoms with Gasteiger partial charge in [-0.3, -0.25) is 0 Å². The Morgan fingerprint density at radius 1 is 1.41 bits per heavy atom. The maximum Gasteiger partial charge on any atom is 0.421 e. The largest absolute Gasteiger partial charge is 0.492 e. The zero-order chi connectivity index (χ0) is 12.3. The molecule has 0 aliphatic rings. The number of nitrogens with zero attached hydrogens (tertiary/aromatic N) is 2. The zero-order valence-electron chi connectivity index (χ0n) is 8.91. The molecule has 0 radical (unpaired) electrons. The van der Waals surface area contributed by atoms with E-state index in [4.69, 9.17) is 15.6 Å². The summed E-state index contributed by atoms with van der Waals surface area (Å²) in [5, 5.41) is 9.05. The molecule has 0 saturated carbocycles. The fourth-order valence-corrected chi connectivity index (χ4v) is 1.32. The first-order valence-electron chi connectivity index (χ1n) is 4.91. The molecule has 0 aliphatic heterocycles. The quantitative estimate of drug-likeness (QED) is 0.817. The Labute approximate surface area is 97.3 Å². The summed E-state index contributed by atoms with van der Waals surface area (Å²) in [6.45, 7) is 0.137. The number of hydrogen-bond acceptors (Lipinski definition) is 5. The van der Waals surface area contributed by atoms with E-state index in [1.54, 1.807) is 0 Å². The normalized spacial score (nSPS) is 10.1. The minimum Gasteiger partial charge on any atom is -0.492 e. The van der Waals surface area contributed by atoms with E-state index in [2.05, 4.69) is 4.98 Å². The molecule has 6 nitrogen and oxygen atoms in total. The van der Waals surface area contributed by atoms with Crippen LogP contribution in [0.5, 0.6) is 5.88 Å². The molecule has 2 rings (SSSR count). The average molecular weight is 233 g/mol. The number of imidazole rings is 1. The lowest BCUT2D eigenvalue weighted by molar-refractivity contribution is 0.141. The molecule has 17 heavy (non-hydrogen) atoms. The highest BCUT2D eigenvalue weighted by molar-refractivity contribution is 5.74. The fourth-order valence-electron chi connectivity index (χ4n) is 1.32. The van der Waals surface area contributed by atoms with E-state index in [1.807, 2.05) is 30.3 Å². The van der Waals surface area contributed by atoms with Gasteiger partial charge in [0.05, 0.1) is 6.20 Å². The Balaban J connectivity index is 2.01. The number of rotatable bonds is 2.